The number of aromatic nitrogens is 1. The lowest BCUT2D eigenvalue weighted by Gasteiger charge is -2.11. The quantitative estimate of drug-likeness (QED) is 0.828. The second-order valence-electron chi connectivity index (χ2n) is 3.37. The molecule has 0 aliphatic carbocycles. The number of carbonyl (C=O) groups excluding carboxylic acids is 1. The van der Waals surface area contributed by atoms with Crippen molar-refractivity contribution >= 4 is 23.3 Å². The number of hydrogen-bond donors (Lipinski definition) is 2. The summed E-state index contributed by atoms with van der Waals surface area (Å²) in [6.45, 7) is 3.93. The summed E-state index contributed by atoms with van der Waals surface area (Å²) < 4.78 is 0. The summed E-state index contributed by atoms with van der Waals surface area (Å²) >= 11 is 5.76. The standard InChI is InChI=1S/C10H14ClN3O/c1-3-6(2)14-10(15)7-4-8(11)9(12)13-5-7/h4-6H,3H2,1-2H3,(H2,12,13)(H,14,15). The van der Waals surface area contributed by atoms with Crippen molar-refractivity contribution < 1.29 is 4.79 Å². The molecule has 1 rings (SSSR count). The van der Waals surface area contributed by atoms with Gasteiger partial charge in [0.15, 0.2) is 0 Å². The molecular weight excluding hydrogens is 214 g/mol. The Morgan fingerprint density at radius 2 is 2.40 bits per heavy atom. The Kier molecular flexibility index (Phi) is 3.91. The molecule has 1 atom stereocenters. The SMILES string of the molecule is CCC(C)NC(=O)c1cnc(N)c(Cl)c1. The third-order valence-corrected chi connectivity index (χ3v) is 2.42. The third kappa shape index (κ3) is 3.09. The highest BCUT2D eigenvalue weighted by Gasteiger charge is 2.10. The molecule has 0 radical (unpaired) electrons. The molecule has 0 aromatic carbocycles. The van der Waals surface area contributed by atoms with E-state index in [1.165, 1.54) is 12.3 Å². The zero-order valence-electron chi connectivity index (χ0n) is 8.75. The van der Waals surface area contributed by atoms with Crippen LogP contribution in [0.3, 0.4) is 0 Å². The number of amides is 1. The van der Waals surface area contributed by atoms with E-state index in [2.05, 4.69) is 10.3 Å². The first kappa shape index (κ1) is 11.8. The van der Waals surface area contributed by atoms with Crippen molar-refractivity contribution in [1.82, 2.24) is 10.3 Å². The molecule has 1 aromatic rings. The zero-order chi connectivity index (χ0) is 11.4. The Bertz CT molecular complexity index is 368. The largest absolute Gasteiger partial charge is 0.382 e. The van der Waals surface area contributed by atoms with Crippen LogP contribution in [0.5, 0.6) is 0 Å². The minimum atomic E-state index is -0.182. The highest BCUT2D eigenvalue weighted by atomic mass is 35.5. The van der Waals surface area contributed by atoms with Crippen molar-refractivity contribution in [2.75, 3.05) is 5.73 Å². The van der Waals surface area contributed by atoms with Crippen LogP contribution in [0.2, 0.25) is 5.02 Å². The van der Waals surface area contributed by atoms with E-state index in [9.17, 15) is 4.79 Å². The van der Waals surface area contributed by atoms with Crippen LogP contribution in [-0.4, -0.2) is 16.9 Å². The van der Waals surface area contributed by atoms with Crippen LogP contribution >= 0.6 is 11.6 Å². The number of hydrogen-bond acceptors (Lipinski definition) is 3. The Morgan fingerprint density at radius 3 is 2.93 bits per heavy atom. The number of pyridine rings is 1. The van der Waals surface area contributed by atoms with E-state index in [1.54, 1.807) is 0 Å². The molecule has 4 nitrogen and oxygen atoms in total. The van der Waals surface area contributed by atoms with E-state index in [4.69, 9.17) is 17.3 Å². The highest BCUT2D eigenvalue weighted by molar-refractivity contribution is 6.33. The van der Waals surface area contributed by atoms with Gasteiger partial charge in [0.2, 0.25) is 0 Å². The molecule has 0 aliphatic heterocycles. The van der Waals surface area contributed by atoms with Gasteiger partial charge in [0.25, 0.3) is 5.91 Å². The number of carbonyl (C=O) groups is 1. The maximum atomic E-state index is 11.6. The monoisotopic (exact) mass is 227 g/mol. The number of halogens is 1. The average Bonchev–Trinajstić information content (AvgIpc) is 2.21. The van der Waals surface area contributed by atoms with Gasteiger partial charge < -0.3 is 11.1 Å². The number of nitrogens with one attached hydrogen (secondary N) is 1. The van der Waals surface area contributed by atoms with E-state index in [0.29, 0.717) is 10.6 Å². The second-order valence-corrected chi connectivity index (χ2v) is 3.78. The maximum Gasteiger partial charge on any atom is 0.253 e. The molecule has 1 aromatic heterocycles. The van der Waals surface area contributed by atoms with Crippen molar-refractivity contribution in [3.05, 3.63) is 22.8 Å². The lowest BCUT2D eigenvalue weighted by Crippen LogP contribution is -2.32. The molecule has 0 aliphatic rings. The van der Waals surface area contributed by atoms with Gasteiger partial charge in [-0.05, 0) is 19.4 Å². The molecule has 0 saturated heterocycles. The van der Waals surface area contributed by atoms with Crippen LogP contribution < -0.4 is 11.1 Å². The van der Waals surface area contributed by atoms with Crippen molar-refractivity contribution in [3.8, 4) is 0 Å². The first-order chi connectivity index (χ1) is 7.04. The van der Waals surface area contributed by atoms with Crippen molar-refractivity contribution in [1.29, 1.82) is 0 Å². The molecule has 0 spiro atoms. The van der Waals surface area contributed by atoms with E-state index in [0.717, 1.165) is 6.42 Å². The van der Waals surface area contributed by atoms with E-state index in [-0.39, 0.29) is 17.8 Å². The fourth-order valence-electron chi connectivity index (χ4n) is 0.982. The number of rotatable bonds is 3. The van der Waals surface area contributed by atoms with Crippen LogP contribution in [0, 0.1) is 0 Å². The summed E-state index contributed by atoms with van der Waals surface area (Å²) in [6, 6.07) is 1.65. The highest BCUT2D eigenvalue weighted by Crippen LogP contribution is 2.16. The minimum absolute atomic E-state index is 0.133. The van der Waals surface area contributed by atoms with Gasteiger partial charge in [-0.15, -0.1) is 0 Å². The average molecular weight is 228 g/mol. The van der Waals surface area contributed by atoms with Gasteiger partial charge in [0.05, 0.1) is 10.6 Å². The molecule has 0 fully saturated rings. The van der Waals surface area contributed by atoms with E-state index >= 15 is 0 Å². The normalized spacial score (nSPS) is 12.2. The summed E-state index contributed by atoms with van der Waals surface area (Å²) in [4.78, 5) is 15.4. The smallest absolute Gasteiger partial charge is 0.253 e. The molecule has 3 N–H and O–H groups in total. The summed E-state index contributed by atoms with van der Waals surface area (Å²) in [6.07, 6.45) is 2.29. The Morgan fingerprint density at radius 1 is 1.73 bits per heavy atom. The Labute approximate surface area is 93.8 Å². The first-order valence-electron chi connectivity index (χ1n) is 4.76. The number of nitrogen functional groups attached to an aromatic ring is 1. The first-order valence-corrected chi connectivity index (χ1v) is 5.14. The molecule has 15 heavy (non-hydrogen) atoms. The van der Waals surface area contributed by atoms with Crippen LogP contribution in [0.25, 0.3) is 0 Å². The molecule has 1 amide bonds. The van der Waals surface area contributed by atoms with Crippen molar-refractivity contribution in [2.45, 2.75) is 26.3 Å². The Balaban J connectivity index is 2.78. The fourth-order valence-corrected chi connectivity index (χ4v) is 1.15. The van der Waals surface area contributed by atoms with Gasteiger partial charge in [0, 0.05) is 12.2 Å². The van der Waals surface area contributed by atoms with Gasteiger partial charge in [-0.2, -0.15) is 0 Å². The van der Waals surface area contributed by atoms with Gasteiger partial charge in [0.1, 0.15) is 5.82 Å². The lowest BCUT2D eigenvalue weighted by atomic mass is 10.2. The Hall–Kier alpha value is -1.29. The molecule has 1 unspecified atom stereocenters. The molecule has 0 bridgehead atoms. The third-order valence-electron chi connectivity index (χ3n) is 2.12. The van der Waals surface area contributed by atoms with Crippen molar-refractivity contribution in [2.24, 2.45) is 0 Å². The molecule has 82 valence electrons. The van der Waals surface area contributed by atoms with Crippen LogP contribution in [0.15, 0.2) is 12.3 Å². The number of anilines is 1. The predicted molar refractivity (Wildman–Crippen MR) is 60.9 cm³/mol. The zero-order valence-corrected chi connectivity index (χ0v) is 9.51. The van der Waals surface area contributed by atoms with E-state index < -0.39 is 0 Å². The number of nitrogens with zero attached hydrogens (tertiary/aromatic N) is 1. The summed E-state index contributed by atoms with van der Waals surface area (Å²) in [5.74, 6) is 0.0514. The molecule has 1 heterocycles. The topological polar surface area (TPSA) is 68.0 Å². The van der Waals surface area contributed by atoms with E-state index in [1.807, 2.05) is 13.8 Å². The molecular formula is C10H14ClN3O. The maximum absolute atomic E-state index is 11.6. The predicted octanol–water partition coefficient (Wildman–Crippen LogP) is 1.85. The van der Waals surface area contributed by atoms with Gasteiger partial charge >= 0.3 is 0 Å². The number of nitrogens with two attached hydrogens (primary N) is 1. The van der Waals surface area contributed by atoms with Crippen LogP contribution in [-0.2, 0) is 0 Å². The minimum Gasteiger partial charge on any atom is -0.382 e. The van der Waals surface area contributed by atoms with Gasteiger partial charge in [-0.1, -0.05) is 18.5 Å². The molecule has 0 saturated carbocycles. The molecule has 5 heteroatoms. The lowest BCUT2D eigenvalue weighted by molar-refractivity contribution is 0.0939. The van der Waals surface area contributed by atoms with Gasteiger partial charge in [-0.3, -0.25) is 4.79 Å². The fraction of sp³-hybridized carbons (Fsp3) is 0.400. The summed E-state index contributed by atoms with van der Waals surface area (Å²) in [7, 11) is 0. The van der Waals surface area contributed by atoms with Crippen LogP contribution in [0.1, 0.15) is 30.6 Å². The second kappa shape index (κ2) is 4.98. The van der Waals surface area contributed by atoms with Gasteiger partial charge in [-0.25, -0.2) is 4.98 Å². The summed E-state index contributed by atoms with van der Waals surface area (Å²) in [5, 5.41) is 3.11. The van der Waals surface area contributed by atoms with Crippen molar-refractivity contribution in [3.63, 3.8) is 0 Å². The summed E-state index contributed by atoms with van der Waals surface area (Å²) in [5.41, 5.74) is 5.87. The van der Waals surface area contributed by atoms with Crippen LogP contribution in [0.4, 0.5) is 5.82 Å².